The summed E-state index contributed by atoms with van der Waals surface area (Å²) in [6.45, 7) is 1.18. The molecule has 0 radical (unpaired) electrons. The highest BCUT2D eigenvalue weighted by atomic mass is 32.2. The normalized spacial score (nSPS) is 15.0. The minimum absolute atomic E-state index is 0.0584. The average Bonchev–Trinajstić information content (AvgIpc) is 3.04. The third-order valence-corrected chi connectivity index (χ3v) is 4.07. The summed E-state index contributed by atoms with van der Waals surface area (Å²) in [6, 6.07) is 7.60. The fourth-order valence-electron chi connectivity index (χ4n) is 2.12. The summed E-state index contributed by atoms with van der Waals surface area (Å²) in [5, 5.41) is 10.7. The summed E-state index contributed by atoms with van der Waals surface area (Å²) in [6.07, 6.45) is 0.285. The SMILES string of the molecule is O=C(CCN1CCSC1=O)Nc1n[nH]c2ccccc12. The van der Waals surface area contributed by atoms with E-state index in [4.69, 9.17) is 0 Å². The van der Waals surface area contributed by atoms with Crippen LogP contribution in [0.2, 0.25) is 0 Å². The van der Waals surface area contributed by atoms with Gasteiger partial charge in [-0.3, -0.25) is 14.7 Å². The molecule has 20 heavy (non-hydrogen) atoms. The van der Waals surface area contributed by atoms with Gasteiger partial charge in [0.2, 0.25) is 5.91 Å². The number of thioether (sulfide) groups is 1. The number of hydrogen-bond acceptors (Lipinski definition) is 4. The lowest BCUT2D eigenvalue weighted by Crippen LogP contribution is -2.27. The first-order valence-corrected chi connectivity index (χ1v) is 7.37. The molecular formula is C13H14N4O2S. The second-order valence-corrected chi connectivity index (χ2v) is 5.56. The van der Waals surface area contributed by atoms with Crippen molar-refractivity contribution in [2.45, 2.75) is 6.42 Å². The zero-order chi connectivity index (χ0) is 13.9. The number of para-hydroxylation sites is 1. The molecule has 0 aliphatic carbocycles. The van der Waals surface area contributed by atoms with E-state index in [2.05, 4.69) is 15.5 Å². The molecule has 2 aromatic rings. The molecule has 2 heterocycles. The van der Waals surface area contributed by atoms with E-state index in [9.17, 15) is 9.59 Å². The molecule has 1 aliphatic rings. The lowest BCUT2D eigenvalue weighted by atomic mass is 10.2. The lowest BCUT2D eigenvalue weighted by molar-refractivity contribution is -0.116. The number of nitrogens with zero attached hydrogens (tertiary/aromatic N) is 2. The van der Waals surface area contributed by atoms with Gasteiger partial charge in [-0.15, -0.1) is 0 Å². The van der Waals surface area contributed by atoms with E-state index in [0.29, 0.717) is 12.4 Å². The predicted octanol–water partition coefficient (Wildman–Crippen LogP) is 2.06. The molecule has 2 N–H and O–H groups in total. The van der Waals surface area contributed by atoms with Gasteiger partial charge in [-0.1, -0.05) is 23.9 Å². The van der Waals surface area contributed by atoms with Gasteiger partial charge in [0.15, 0.2) is 5.82 Å². The van der Waals surface area contributed by atoms with Crippen molar-refractivity contribution < 1.29 is 9.59 Å². The van der Waals surface area contributed by atoms with Gasteiger partial charge in [-0.05, 0) is 12.1 Å². The number of benzene rings is 1. The number of nitrogens with one attached hydrogen (secondary N) is 2. The first kappa shape index (κ1) is 13.0. The second kappa shape index (κ2) is 5.54. The Kier molecular flexibility index (Phi) is 3.60. The van der Waals surface area contributed by atoms with Gasteiger partial charge < -0.3 is 10.2 Å². The van der Waals surface area contributed by atoms with Gasteiger partial charge in [0.1, 0.15) is 0 Å². The summed E-state index contributed by atoms with van der Waals surface area (Å²) in [5.74, 6) is 1.21. The largest absolute Gasteiger partial charge is 0.332 e. The van der Waals surface area contributed by atoms with Crippen LogP contribution in [0.25, 0.3) is 10.9 Å². The van der Waals surface area contributed by atoms with Crippen LogP contribution in [0.3, 0.4) is 0 Å². The highest BCUT2D eigenvalue weighted by molar-refractivity contribution is 8.13. The third kappa shape index (κ3) is 2.62. The zero-order valence-electron chi connectivity index (χ0n) is 10.8. The van der Waals surface area contributed by atoms with Gasteiger partial charge in [-0.2, -0.15) is 5.10 Å². The van der Waals surface area contributed by atoms with E-state index in [1.165, 1.54) is 11.8 Å². The Morgan fingerprint density at radius 3 is 3.10 bits per heavy atom. The number of aromatic nitrogens is 2. The maximum Gasteiger partial charge on any atom is 0.281 e. The molecule has 1 aliphatic heterocycles. The molecular weight excluding hydrogens is 276 g/mol. The van der Waals surface area contributed by atoms with Gasteiger partial charge in [0, 0.05) is 30.6 Å². The molecule has 0 bridgehead atoms. The molecule has 6 nitrogen and oxygen atoms in total. The van der Waals surface area contributed by atoms with Crippen LogP contribution in [0.5, 0.6) is 0 Å². The lowest BCUT2D eigenvalue weighted by Gasteiger charge is -2.13. The maximum atomic E-state index is 11.9. The van der Waals surface area contributed by atoms with Gasteiger partial charge in [0.25, 0.3) is 5.24 Å². The fourth-order valence-corrected chi connectivity index (χ4v) is 2.97. The summed E-state index contributed by atoms with van der Waals surface area (Å²) in [7, 11) is 0. The van der Waals surface area contributed by atoms with E-state index in [1.807, 2.05) is 24.3 Å². The highest BCUT2D eigenvalue weighted by Gasteiger charge is 2.21. The first-order valence-electron chi connectivity index (χ1n) is 6.39. The number of carbonyl (C=O) groups excluding carboxylic acids is 2. The smallest absolute Gasteiger partial charge is 0.281 e. The Morgan fingerprint density at radius 2 is 2.30 bits per heavy atom. The van der Waals surface area contributed by atoms with Gasteiger partial charge >= 0.3 is 0 Å². The molecule has 104 valence electrons. The zero-order valence-corrected chi connectivity index (χ0v) is 11.6. The van der Waals surface area contributed by atoms with E-state index >= 15 is 0 Å². The number of fused-ring (bicyclic) bond motifs is 1. The van der Waals surface area contributed by atoms with Crippen molar-refractivity contribution in [3.63, 3.8) is 0 Å². The van der Waals surface area contributed by atoms with Crippen molar-refractivity contribution in [2.75, 3.05) is 24.2 Å². The standard InChI is InChI=1S/C13H14N4O2S/c18-11(5-6-17-7-8-20-13(17)19)14-12-9-3-1-2-4-10(9)15-16-12/h1-4H,5-8H2,(H2,14,15,16,18). The molecule has 0 spiro atoms. The van der Waals surface area contributed by atoms with Crippen molar-refractivity contribution in [1.82, 2.24) is 15.1 Å². The minimum Gasteiger partial charge on any atom is -0.332 e. The number of hydrogen-bond donors (Lipinski definition) is 2. The Balaban J connectivity index is 1.60. The topological polar surface area (TPSA) is 78.1 Å². The molecule has 0 atom stereocenters. The number of H-pyrrole nitrogens is 1. The monoisotopic (exact) mass is 290 g/mol. The van der Waals surface area contributed by atoms with E-state index in [1.54, 1.807) is 4.90 Å². The van der Waals surface area contributed by atoms with Crippen LogP contribution in [0, 0.1) is 0 Å². The van der Waals surface area contributed by atoms with Crippen LogP contribution < -0.4 is 5.32 Å². The predicted molar refractivity (Wildman–Crippen MR) is 78.8 cm³/mol. The molecule has 3 rings (SSSR count). The number of rotatable bonds is 4. The van der Waals surface area contributed by atoms with Crippen LogP contribution in [0.15, 0.2) is 24.3 Å². The summed E-state index contributed by atoms with van der Waals surface area (Å²) in [4.78, 5) is 25.0. The molecule has 1 aromatic carbocycles. The molecule has 1 saturated heterocycles. The third-order valence-electron chi connectivity index (χ3n) is 3.18. The van der Waals surface area contributed by atoms with Gasteiger partial charge in [-0.25, -0.2) is 0 Å². The molecule has 1 fully saturated rings. The quantitative estimate of drug-likeness (QED) is 0.903. The molecule has 7 heteroatoms. The highest BCUT2D eigenvalue weighted by Crippen LogP contribution is 2.20. The van der Waals surface area contributed by atoms with Crippen molar-refractivity contribution in [1.29, 1.82) is 0 Å². The maximum absolute atomic E-state index is 11.9. The minimum atomic E-state index is -0.132. The number of aromatic amines is 1. The van der Waals surface area contributed by atoms with Crippen LogP contribution in [0.1, 0.15) is 6.42 Å². The van der Waals surface area contributed by atoms with Crippen molar-refractivity contribution in [3.05, 3.63) is 24.3 Å². The van der Waals surface area contributed by atoms with Crippen LogP contribution in [0.4, 0.5) is 10.6 Å². The van der Waals surface area contributed by atoms with Crippen LogP contribution in [-0.4, -0.2) is 45.1 Å². The molecule has 0 unspecified atom stereocenters. The number of carbonyl (C=O) groups is 2. The second-order valence-electron chi connectivity index (χ2n) is 4.52. The van der Waals surface area contributed by atoms with Gasteiger partial charge in [0.05, 0.1) is 5.52 Å². The molecule has 0 saturated carbocycles. The average molecular weight is 290 g/mol. The Hall–Kier alpha value is -2.02. The summed E-state index contributed by atoms with van der Waals surface area (Å²) < 4.78 is 0. The first-order chi connectivity index (χ1) is 9.74. The number of anilines is 1. The van der Waals surface area contributed by atoms with E-state index < -0.39 is 0 Å². The molecule has 1 aromatic heterocycles. The van der Waals surface area contributed by atoms with E-state index in [-0.39, 0.29) is 17.6 Å². The molecule has 2 amide bonds. The van der Waals surface area contributed by atoms with Crippen molar-refractivity contribution >= 4 is 39.6 Å². The Bertz CT molecular complexity index is 655. The summed E-state index contributed by atoms with van der Waals surface area (Å²) in [5.41, 5.74) is 0.883. The van der Waals surface area contributed by atoms with Crippen LogP contribution in [-0.2, 0) is 4.79 Å². The van der Waals surface area contributed by atoms with E-state index in [0.717, 1.165) is 23.2 Å². The number of amides is 2. The van der Waals surface area contributed by atoms with Crippen molar-refractivity contribution in [3.8, 4) is 0 Å². The van der Waals surface area contributed by atoms with Crippen molar-refractivity contribution in [2.24, 2.45) is 0 Å². The Morgan fingerprint density at radius 1 is 1.45 bits per heavy atom. The van der Waals surface area contributed by atoms with Crippen LogP contribution >= 0.6 is 11.8 Å². The Labute approximate surface area is 119 Å². The fraction of sp³-hybridized carbons (Fsp3) is 0.308. The summed E-state index contributed by atoms with van der Waals surface area (Å²) >= 11 is 1.30.